The van der Waals surface area contributed by atoms with Gasteiger partial charge < -0.3 is 4.74 Å². The Bertz CT molecular complexity index is 127. The summed E-state index contributed by atoms with van der Waals surface area (Å²) in [5, 5.41) is 0. The van der Waals surface area contributed by atoms with Crippen LogP contribution in [-0.2, 0) is 4.74 Å². The Morgan fingerprint density at radius 1 is 1.56 bits per heavy atom. The fourth-order valence-corrected chi connectivity index (χ4v) is 1.00. The summed E-state index contributed by atoms with van der Waals surface area (Å²) >= 11 is 0. The van der Waals surface area contributed by atoms with Crippen molar-refractivity contribution in [2.24, 2.45) is 5.92 Å². The fraction of sp³-hybridized carbons (Fsp3) is 0.750. The second-order valence-corrected chi connectivity index (χ2v) is 2.85. The second kappa shape index (κ2) is 2.42. The van der Waals surface area contributed by atoms with Gasteiger partial charge in [0.05, 0.1) is 11.9 Å². The smallest absolute Gasteiger partial charge is 0.0982 e. The van der Waals surface area contributed by atoms with Crippen LogP contribution < -0.4 is 0 Å². The summed E-state index contributed by atoms with van der Waals surface area (Å²) in [5.74, 6) is 1.77. The molecule has 0 saturated carbocycles. The quantitative estimate of drug-likeness (QED) is 0.484. The van der Waals surface area contributed by atoms with Gasteiger partial charge in [0, 0.05) is 0 Å². The lowest BCUT2D eigenvalue weighted by Gasteiger charge is -2.25. The van der Waals surface area contributed by atoms with Crippen LogP contribution in [0.25, 0.3) is 0 Å². The van der Waals surface area contributed by atoms with E-state index in [0.717, 1.165) is 5.76 Å². The summed E-state index contributed by atoms with van der Waals surface area (Å²) in [5.41, 5.74) is 0. The lowest BCUT2D eigenvalue weighted by atomic mass is 10.00. The Hall–Kier alpha value is -0.460. The molecule has 2 unspecified atom stereocenters. The van der Waals surface area contributed by atoms with Gasteiger partial charge in [-0.25, -0.2) is 0 Å². The molecular formula is C8H14O. The maximum atomic E-state index is 5.46. The zero-order chi connectivity index (χ0) is 6.85. The van der Waals surface area contributed by atoms with Gasteiger partial charge in [-0.05, 0) is 32.3 Å². The number of hydrogen-bond donors (Lipinski definition) is 0. The molecule has 0 aliphatic carbocycles. The monoisotopic (exact) mass is 126 g/mol. The van der Waals surface area contributed by atoms with E-state index in [-0.39, 0.29) is 0 Å². The van der Waals surface area contributed by atoms with Crippen LogP contribution in [0, 0.1) is 5.92 Å². The minimum Gasteiger partial charge on any atom is -0.495 e. The molecule has 2 atom stereocenters. The minimum absolute atomic E-state index is 0.412. The Kier molecular flexibility index (Phi) is 1.79. The van der Waals surface area contributed by atoms with Gasteiger partial charge >= 0.3 is 0 Å². The topological polar surface area (TPSA) is 9.23 Å². The van der Waals surface area contributed by atoms with Crippen LogP contribution in [0.4, 0.5) is 0 Å². The average Bonchev–Trinajstić information content (AvgIpc) is 1.80. The van der Waals surface area contributed by atoms with Crippen LogP contribution in [0.5, 0.6) is 0 Å². The average molecular weight is 126 g/mol. The predicted octanol–water partition coefficient (Wildman–Crippen LogP) is 2.34. The third kappa shape index (κ3) is 1.47. The molecule has 0 fully saturated rings. The Balaban J connectivity index is 2.54. The molecule has 0 N–H and O–H groups in total. The van der Waals surface area contributed by atoms with Gasteiger partial charge in [-0.15, -0.1) is 0 Å². The predicted molar refractivity (Wildman–Crippen MR) is 38.1 cm³/mol. The van der Waals surface area contributed by atoms with Crippen LogP contribution in [0.1, 0.15) is 27.2 Å². The van der Waals surface area contributed by atoms with Crippen molar-refractivity contribution < 1.29 is 4.74 Å². The molecule has 0 bridgehead atoms. The lowest BCUT2D eigenvalue weighted by Crippen LogP contribution is -2.20. The highest BCUT2D eigenvalue weighted by atomic mass is 16.5. The van der Waals surface area contributed by atoms with Crippen LogP contribution in [0.3, 0.4) is 0 Å². The van der Waals surface area contributed by atoms with Crippen molar-refractivity contribution in [3.8, 4) is 0 Å². The molecule has 0 saturated heterocycles. The number of allylic oxidation sites excluding steroid dienone is 2. The van der Waals surface area contributed by atoms with Crippen LogP contribution in [0.15, 0.2) is 11.8 Å². The molecule has 52 valence electrons. The van der Waals surface area contributed by atoms with Gasteiger partial charge in [-0.2, -0.15) is 0 Å². The van der Waals surface area contributed by atoms with Gasteiger partial charge in [0.2, 0.25) is 0 Å². The van der Waals surface area contributed by atoms with Crippen molar-refractivity contribution in [3.05, 3.63) is 11.8 Å². The van der Waals surface area contributed by atoms with Gasteiger partial charge in [0.1, 0.15) is 0 Å². The van der Waals surface area contributed by atoms with Crippen molar-refractivity contribution in [2.45, 2.75) is 33.3 Å². The molecule has 1 heteroatoms. The lowest BCUT2D eigenvalue weighted by molar-refractivity contribution is 0.0719. The molecular weight excluding hydrogens is 112 g/mol. The number of ether oxygens (including phenoxy) is 1. The van der Waals surface area contributed by atoms with Crippen LogP contribution >= 0.6 is 0 Å². The van der Waals surface area contributed by atoms with E-state index in [1.165, 1.54) is 6.42 Å². The van der Waals surface area contributed by atoms with Crippen LogP contribution in [-0.4, -0.2) is 6.10 Å². The first-order valence-electron chi connectivity index (χ1n) is 3.53. The summed E-state index contributed by atoms with van der Waals surface area (Å²) < 4.78 is 5.46. The van der Waals surface area contributed by atoms with Gasteiger partial charge in [-0.3, -0.25) is 0 Å². The summed E-state index contributed by atoms with van der Waals surface area (Å²) in [6.07, 6.45) is 3.74. The van der Waals surface area contributed by atoms with E-state index in [2.05, 4.69) is 19.9 Å². The highest BCUT2D eigenvalue weighted by Crippen LogP contribution is 2.21. The molecule has 0 spiro atoms. The van der Waals surface area contributed by atoms with E-state index in [1.807, 2.05) is 6.92 Å². The van der Waals surface area contributed by atoms with E-state index in [4.69, 9.17) is 4.74 Å². The maximum absolute atomic E-state index is 5.46. The van der Waals surface area contributed by atoms with Crippen LogP contribution in [0.2, 0.25) is 0 Å². The fourth-order valence-electron chi connectivity index (χ4n) is 1.00. The third-order valence-corrected chi connectivity index (χ3v) is 1.95. The molecule has 1 aliphatic rings. The number of hydrogen-bond acceptors (Lipinski definition) is 1. The molecule has 0 aromatic heterocycles. The Morgan fingerprint density at radius 3 is 2.67 bits per heavy atom. The van der Waals surface area contributed by atoms with Crippen molar-refractivity contribution >= 4 is 0 Å². The number of rotatable bonds is 0. The van der Waals surface area contributed by atoms with E-state index in [1.54, 1.807) is 0 Å². The second-order valence-electron chi connectivity index (χ2n) is 2.85. The van der Waals surface area contributed by atoms with Crippen molar-refractivity contribution in [1.29, 1.82) is 0 Å². The molecule has 1 nitrogen and oxygen atoms in total. The van der Waals surface area contributed by atoms with Crippen molar-refractivity contribution in [1.82, 2.24) is 0 Å². The third-order valence-electron chi connectivity index (χ3n) is 1.95. The first kappa shape index (κ1) is 6.66. The first-order valence-corrected chi connectivity index (χ1v) is 3.53. The molecule has 1 rings (SSSR count). The molecule has 1 heterocycles. The summed E-state index contributed by atoms with van der Waals surface area (Å²) in [6, 6.07) is 0. The van der Waals surface area contributed by atoms with E-state index >= 15 is 0 Å². The molecule has 0 aromatic rings. The zero-order valence-corrected chi connectivity index (χ0v) is 6.35. The highest BCUT2D eigenvalue weighted by Gasteiger charge is 2.16. The van der Waals surface area contributed by atoms with Gasteiger partial charge in [-0.1, -0.05) is 6.92 Å². The molecule has 1 aliphatic heterocycles. The SMILES string of the molecule is CC1=CCC(C)C(C)O1. The van der Waals surface area contributed by atoms with Crippen molar-refractivity contribution in [2.75, 3.05) is 0 Å². The minimum atomic E-state index is 0.412. The largest absolute Gasteiger partial charge is 0.495 e. The van der Waals surface area contributed by atoms with E-state index in [9.17, 15) is 0 Å². The molecule has 0 amide bonds. The first-order chi connectivity index (χ1) is 4.20. The molecule has 9 heavy (non-hydrogen) atoms. The normalized spacial score (nSPS) is 35.2. The Morgan fingerprint density at radius 2 is 2.22 bits per heavy atom. The standard InChI is InChI=1S/C8H14O/c1-6-4-5-7(2)9-8(6)3/h5-6,8H,4H2,1-3H3. The molecule has 0 aromatic carbocycles. The van der Waals surface area contributed by atoms with Gasteiger partial charge in [0.15, 0.2) is 0 Å². The Labute approximate surface area is 56.7 Å². The van der Waals surface area contributed by atoms with Crippen molar-refractivity contribution in [3.63, 3.8) is 0 Å². The zero-order valence-electron chi connectivity index (χ0n) is 6.35. The molecule has 0 radical (unpaired) electrons. The summed E-state index contributed by atoms with van der Waals surface area (Å²) in [4.78, 5) is 0. The highest BCUT2D eigenvalue weighted by molar-refractivity contribution is 4.95. The summed E-state index contributed by atoms with van der Waals surface area (Å²) in [7, 11) is 0. The van der Waals surface area contributed by atoms with E-state index < -0.39 is 0 Å². The van der Waals surface area contributed by atoms with Gasteiger partial charge in [0.25, 0.3) is 0 Å². The van der Waals surface area contributed by atoms with E-state index in [0.29, 0.717) is 12.0 Å². The maximum Gasteiger partial charge on any atom is 0.0982 e. The summed E-state index contributed by atoms with van der Waals surface area (Å²) in [6.45, 7) is 6.36.